The zero-order valence-electron chi connectivity index (χ0n) is 8.27. The van der Waals surface area contributed by atoms with Crippen molar-refractivity contribution in [2.45, 2.75) is 23.0 Å². The smallest absolute Gasteiger partial charge is 0.307 e. The summed E-state index contributed by atoms with van der Waals surface area (Å²) in [5.41, 5.74) is 0.922. The Morgan fingerprint density at radius 3 is 2.44 bits per heavy atom. The molecule has 0 aromatic heterocycles. The molecule has 1 aromatic carbocycles. The van der Waals surface area contributed by atoms with E-state index in [4.69, 9.17) is 5.11 Å². The Bertz CT molecular complexity index is 391. The lowest BCUT2D eigenvalue weighted by molar-refractivity contribution is -0.138. The van der Waals surface area contributed by atoms with Gasteiger partial charge >= 0.3 is 5.97 Å². The molecule has 0 bridgehead atoms. The number of hydrogen-bond donors (Lipinski definition) is 1. The fourth-order valence-electron chi connectivity index (χ4n) is 1.73. The van der Waals surface area contributed by atoms with Gasteiger partial charge < -0.3 is 5.11 Å². The number of halogens is 2. The molecule has 16 heavy (non-hydrogen) atoms. The molecule has 1 fully saturated rings. The van der Waals surface area contributed by atoms with Gasteiger partial charge in [0.25, 0.3) is 5.76 Å². The number of benzene rings is 1. The Morgan fingerprint density at radius 1 is 1.38 bits per heavy atom. The number of rotatable bonds is 4. The number of carboxylic acid groups (broad SMARTS) is 1. The van der Waals surface area contributed by atoms with Crippen LogP contribution in [0.5, 0.6) is 0 Å². The minimum Gasteiger partial charge on any atom is -0.481 e. The SMILES string of the molecule is O=C(O)[C@@H]1C[C@H]1c1ccc(SC(F)F)cc1. The number of carboxylic acids is 1. The Morgan fingerprint density at radius 2 is 2.00 bits per heavy atom. The van der Waals surface area contributed by atoms with Gasteiger partial charge in [0, 0.05) is 4.90 Å². The molecule has 0 amide bonds. The van der Waals surface area contributed by atoms with Gasteiger partial charge in [-0.05, 0) is 30.0 Å². The van der Waals surface area contributed by atoms with E-state index in [0.29, 0.717) is 23.1 Å². The number of hydrogen-bond acceptors (Lipinski definition) is 2. The Labute approximate surface area is 95.7 Å². The molecule has 0 radical (unpaired) electrons. The number of aliphatic carboxylic acids is 1. The highest BCUT2D eigenvalue weighted by atomic mass is 32.2. The van der Waals surface area contributed by atoms with Crippen molar-refractivity contribution in [3.63, 3.8) is 0 Å². The zero-order chi connectivity index (χ0) is 11.7. The minimum absolute atomic E-state index is 0.0584. The van der Waals surface area contributed by atoms with Crippen molar-refractivity contribution in [3.05, 3.63) is 29.8 Å². The first kappa shape index (κ1) is 11.4. The normalized spacial score (nSPS) is 23.4. The zero-order valence-corrected chi connectivity index (χ0v) is 9.08. The molecule has 0 saturated heterocycles. The van der Waals surface area contributed by atoms with Gasteiger partial charge in [-0.2, -0.15) is 8.78 Å². The number of alkyl halides is 2. The van der Waals surface area contributed by atoms with Crippen molar-refractivity contribution in [1.29, 1.82) is 0 Å². The van der Waals surface area contributed by atoms with Gasteiger partial charge in [-0.25, -0.2) is 0 Å². The number of thioether (sulfide) groups is 1. The van der Waals surface area contributed by atoms with Crippen LogP contribution in [0.3, 0.4) is 0 Å². The standard InChI is InChI=1S/C11H10F2O2S/c12-11(13)16-7-3-1-6(2-4-7)8-5-9(8)10(14)15/h1-4,8-9,11H,5H2,(H,14,15)/t8-,9+/m0/s1. The summed E-state index contributed by atoms with van der Waals surface area (Å²) in [6, 6.07) is 6.70. The van der Waals surface area contributed by atoms with Crippen LogP contribution in [-0.2, 0) is 4.79 Å². The second-order valence-electron chi connectivity index (χ2n) is 3.73. The fraction of sp³-hybridized carbons (Fsp3) is 0.364. The molecule has 0 unspecified atom stereocenters. The van der Waals surface area contributed by atoms with Crippen LogP contribution in [0.15, 0.2) is 29.2 Å². The van der Waals surface area contributed by atoms with E-state index < -0.39 is 11.7 Å². The molecule has 1 aliphatic rings. The summed E-state index contributed by atoms with van der Waals surface area (Å²) in [4.78, 5) is 11.2. The molecule has 0 aliphatic heterocycles. The van der Waals surface area contributed by atoms with Gasteiger partial charge in [0.15, 0.2) is 0 Å². The summed E-state index contributed by atoms with van der Waals surface area (Å²) in [5, 5.41) is 8.76. The first-order chi connectivity index (χ1) is 7.58. The molecular weight excluding hydrogens is 234 g/mol. The molecule has 0 heterocycles. The Balaban J connectivity index is 2.01. The Hall–Kier alpha value is -1.10. The summed E-state index contributed by atoms with van der Waals surface area (Å²) >= 11 is 0.497. The third-order valence-electron chi connectivity index (χ3n) is 2.64. The largest absolute Gasteiger partial charge is 0.481 e. The van der Waals surface area contributed by atoms with E-state index in [9.17, 15) is 13.6 Å². The summed E-state index contributed by atoms with van der Waals surface area (Å²) in [7, 11) is 0. The average Bonchev–Trinajstić information content (AvgIpc) is 2.97. The molecular formula is C11H10F2O2S. The third-order valence-corrected chi connectivity index (χ3v) is 3.36. The van der Waals surface area contributed by atoms with Crippen LogP contribution in [0, 0.1) is 5.92 Å². The average molecular weight is 244 g/mol. The van der Waals surface area contributed by atoms with Crippen molar-refractivity contribution in [2.75, 3.05) is 0 Å². The molecule has 1 N–H and O–H groups in total. The lowest BCUT2D eigenvalue weighted by atomic mass is 10.1. The lowest BCUT2D eigenvalue weighted by Crippen LogP contribution is -1.98. The van der Waals surface area contributed by atoms with E-state index >= 15 is 0 Å². The van der Waals surface area contributed by atoms with E-state index in [0.717, 1.165) is 5.56 Å². The van der Waals surface area contributed by atoms with E-state index in [2.05, 4.69) is 0 Å². The van der Waals surface area contributed by atoms with Crippen molar-refractivity contribution in [2.24, 2.45) is 5.92 Å². The van der Waals surface area contributed by atoms with Gasteiger partial charge in [0.05, 0.1) is 5.92 Å². The maximum Gasteiger partial charge on any atom is 0.307 e. The van der Waals surface area contributed by atoms with Crippen LogP contribution in [0.2, 0.25) is 0 Å². The predicted molar refractivity (Wildman–Crippen MR) is 56.8 cm³/mol. The highest BCUT2D eigenvalue weighted by molar-refractivity contribution is 7.99. The fourth-order valence-corrected chi connectivity index (χ4v) is 2.23. The molecule has 5 heteroatoms. The van der Waals surface area contributed by atoms with Crippen LogP contribution < -0.4 is 0 Å². The van der Waals surface area contributed by atoms with E-state index in [1.54, 1.807) is 24.3 Å². The van der Waals surface area contributed by atoms with Gasteiger partial charge in [-0.3, -0.25) is 4.79 Å². The molecule has 1 aliphatic carbocycles. The minimum atomic E-state index is -2.42. The first-order valence-corrected chi connectivity index (χ1v) is 5.73. The van der Waals surface area contributed by atoms with Crippen LogP contribution >= 0.6 is 11.8 Å². The number of carbonyl (C=O) groups is 1. The molecule has 1 saturated carbocycles. The van der Waals surface area contributed by atoms with Gasteiger partial charge in [-0.15, -0.1) is 0 Å². The van der Waals surface area contributed by atoms with Crippen molar-refractivity contribution in [1.82, 2.24) is 0 Å². The third kappa shape index (κ3) is 2.52. The highest BCUT2D eigenvalue weighted by Gasteiger charge is 2.43. The van der Waals surface area contributed by atoms with E-state index in [1.165, 1.54) is 0 Å². The summed E-state index contributed by atoms with van der Waals surface area (Å²) in [6.45, 7) is 0. The van der Waals surface area contributed by atoms with Crippen molar-refractivity contribution in [3.8, 4) is 0 Å². The van der Waals surface area contributed by atoms with Crippen molar-refractivity contribution < 1.29 is 18.7 Å². The molecule has 2 atom stereocenters. The quantitative estimate of drug-likeness (QED) is 0.826. The maximum absolute atomic E-state index is 12.0. The molecule has 1 aromatic rings. The first-order valence-electron chi connectivity index (χ1n) is 4.85. The molecule has 2 nitrogen and oxygen atoms in total. The maximum atomic E-state index is 12.0. The molecule has 0 spiro atoms. The van der Waals surface area contributed by atoms with E-state index in [-0.39, 0.29) is 11.8 Å². The summed E-state index contributed by atoms with van der Waals surface area (Å²) in [6.07, 6.45) is 0.649. The van der Waals surface area contributed by atoms with Crippen LogP contribution in [0.1, 0.15) is 17.9 Å². The van der Waals surface area contributed by atoms with Crippen LogP contribution in [-0.4, -0.2) is 16.8 Å². The monoisotopic (exact) mass is 244 g/mol. The molecule has 86 valence electrons. The predicted octanol–water partition coefficient (Wildman–Crippen LogP) is 3.19. The van der Waals surface area contributed by atoms with Crippen molar-refractivity contribution >= 4 is 17.7 Å². The van der Waals surface area contributed by atoms with Crippen LogP contribution in [0.25, 0.3) is 0 Å². The van der Waals surface area contributed by atoms with E-state index in [1.807, 2.05) is 0 Å². The summed E-state index contributed by atoms with van der Waals surface area (Å²) in [5.74, 6) is -3.44. The van der Waals surface area contributed by atoms with Gasteiger partial charge in [0.1, 0.15) is 0 Å². The molecule has 2 rings (SSSR count). The highest BCUT2D eigenvalue weighted by Crippen LogP contribution is 2.47. The van der Waals surface area contributed by atoms with Crippen LogP contribution in [0.4, 0.5) is 8.78 Å². The lowest BCUT2D eigenvalue weighted by Gasteiger charge is -2.02. The Kier molecular flexibility index (Phi) is 3.14. The second-order valence-corrected chi connectivity index (χ2v) is 4.80. The topological polar surface area (TPSA) is 37.3 Å². The van der Waals surface area contributed by atoms with Gasteiger partial charge in [-0.1, -0.05) is 23.9 Å². The second kappa shape index (κ2) is 4.41. The summed E-state index contributed by atoms with van der Waals surface area (Å²) < 4.78 is 24.1. The van der Waals surface area contributed by atoms with Gasteiger partial charge in [0.2, 0.25) is 0 Å².